The Labute approximate surface area is 112 Å². The molecule has 17 heavy (non-hydrogen) atoms. The largest absolute Gasteiger partial charge is 0.310 e. The molecule has 0 bridgehead atoms. The maximum Gasteiger partial charge on any atom is 0.165 e. The lowest BCUT2D eigenvalue weighted by atomic mass is 10.2. The van der Waals surface area contributed by atoms with E-state index in [0.29, 0.717) is 28.5 Å². The molecule has 0 radical (unpaired) electrons. The summed E-state index contributed by atoms with van der Waals surface area (Å²) in [5, 5.41) is 8.11. The summed E-state index contributed by atoms with van der Waals surface area (Å²) in [6.45, 7) is 2.70. The van der Waals surface area contributed by atoms with Crippen LogP contribution in [0, 0.1) is 5.82 Å². The van der Waals surface area contributed by atoms with Crippen molar-refractivity contribution in [1.82, 2.24) is 14.8 Å². The molecule has 0 fully saturated rings. The van der Waals surface area contributed by atoms with Crippen molar-refractivity contribution in [3.05, 3.63) is 34.3 Å². The molecular formula is C11H10BrClFN3. The molecule has 0 unspecified atom stereocenters. The lowest BCUT2D eigenvalue weighted by Crippen LogP contribution is -2.02. The predicted molar refractivity (Wildman–Crippen MR) is 68.3 cm³/mol. The van der Waals surface area contributed by atoms with Crippen molar-refractivity contribution in [2.24, 2.45) is 0 Å². The zero-order chi connectivity index (χ0) is 12.4. The fourth-order valence-corrected chi connectivity index (χ4v) is 2.36. The molecule has 0 amide bonds. The first kappa shape index (κ1) is 12.5. The topological polar surface area (TPSA) is 30.7 Å². The second-order valence-electron chi connectivity index (χ2n) is 3.44. The zero-order valence-electron chi connectivity index (χ0n) is 9.12. The van der Waals surface area contributed by atoms with Crippen LogP contribution in [0.2, 0.25) is 0 Å². The van der Waals surface area contributed by atoms with Gasteiger partial charge in [0.25, 0.3) is 0 Å². The van der Waals surface area contributed by atoms with E-state index in [1.165, 1.54) is 12.1 Å². The summed E-state index contributed by atoms with van der Waals surface area (Å²) < 4.78 is 15.6. The van der Waals surface area contributed by atoms with Gasteiger partial charge < -0.3 is 4.57 Å². The third kappa shape index (κ3) is 2.35. The van der Waals surface area contributed by atoms with Crippen molar-refractivity contribution in [3.63, 3.8) is 0 Å². The van der Waals surface area contributed by atoms with Crippen LogP contribution in [0.15, 0.2) is 22.7 Å². The molecule has 2 aromatic rings. The van der Waals surface area contributed by atoms with Crippen LogP contribution in [0.4, 0.5) is 4.39 Å². The van der Waals surface area contributed by atoms with Crippen LogP contribution >= 0.6 is 27.5 Å². The normalized spacial score (nSPS) is 10.8. The first-order chi connectivity index (χ1) is 8.17. The Kier molecular flexibility index (Phi) is 3.79. The number of halogens is 3. The predicted octanol–water partition coefficient (Wildman–Crippen LogP) is 3.61. The van der Waals surface area contributed by atoms with E-state index in [1.807, 2.05) is 11.5 Å². The molecule has 2 rings (SSSR count). The van der Waals surface area contributed by atoms with Crippen molar-refractivity contribution in [2.45, 2.75) is 19.3 Å². The second-order valence-corrected chi connectivity index (χ2v) is 4.56. The minimum Gasteiger partial charge on any atom is -0.310 e. The summed E-state index contributed by atoms with van der Waals surface area (Å²) in [5.74, 6) is 1.41. The van der Waals surface area contributed by atoms with Gasteiger partial charge in [0.15, 0.2) is 5.82 Å². The molecule has 0 saturated carbocycles. The van der Waals surface area contributed by atoms with Gasteiger partial charge in [-0.3, -0.25) is 0 Å². The quantitative estimate of drug-likeness (QED) is 0.810. The average Bonchev–Trinajstić information content (AvgIpc) is 2.71. The fraction of sp³-hybridized carbons (Fsp3) is 0.273. The first-order valence-corrected chi connectivity index (χ1v) is 6.43. The molecule has 0 spiro atoms. The van der Waals surface area contributed by atoms with Crippen molar-refractivity contribution in [1.29, 1.82) is 0 Å². The Balaban J connectivity index is 2.56. The molecule has 0 atom stereocenters. The highest BCUT2D eigenvalue weighted by Gasteiger charge is 2.14. The molecule has 0 aliphatic carbocycles. The number of aromatic nitrogens is 3. The molecule has 0 saturated heterocycles. The van der Waals surface area contributed by atoms with Gasteiger partial charge in [-0.25, -0.2) is 4.39 Å². The van der Waals surface area contributed by atoms with E-state index in [0.717, 1.165) is 5.56 Å². The molecule has 0 aliphatic heterocycles. The van der Waals surface area contributed by atoms with Crippen molar-refractivity contribution in [2.75, 3.05) is 0 Å². The van der Waals surface area contributed by atoms with Gasteiger partial charge in [-0.1, -0.05) is 0 Å². The van der Waals surface area contributed by atoms with E-state index in [9.17, 15) is 4.39 Å². The van der Waals surface area contributed by atoms with E-state index >= 15 is 0 Å². The van der Waals surface area contributed by atoms with Crippen LogP contribution in [0.5, 0.6) is 0 Å². The smallest absolute Gasteiger partial charge is 0.165 e. The van der Waals surface area contributed by atoms with Crippen LogP contribution in [0.25, 0.3) is 11.4 Å². The minimum atomic E-state index is -0.291. The Hall–Kier alpha value is -0.940. The Bertz CT molecular complexity index is 542. The monoisotopic (exact) mass is 317 g/mol. The van der Waals surface area contributed by atoms with Gasteiger partial charge >= 0.3 is 0 Å². The van der Waals surface area contributed by atoms with E-state index in [1.54, 1.807) is 6.07 Å². The van der Waals surface area contributed by atoms with Gasteiger partial charge in [0, 0.05) is 16.6 Å². The molecule has 1 aromatic carbocycles. The highest BCUT2D eigenvalue weighted by atomic mass is 79.9. The van der Waals surface area contributed by atoms with Crippen LogP contribution < -0.4 is 0 Å². The molecule has 90 valence electrons. The van der Waals surface area contributed by atoms with E-state index in [4.69, 9.17) is 11.6 Å². The van der Waals surface area contributed by atoms with E-state index < -0.39 is 0 Å². The van der Waals surface area contributed by atoms with Crippen molar-refractivity contribution in [3.8, 4) is 11.4 Å². The number of benzene rings is 1. The maximum atomic E-state index is 13.0. The maximum absolute atomic E-state index is 13.0. The zero-order valence-corrected chi connectivity index (χ0v) is 11.5. The molecule has 6 heteroatoms. The Morgan fingerprint density at radius 2 is 2.18 bits per heavy atom. The van der Waals surface area contributed by atoms with Gasteiger partial charge in [0.1, 0.15) is 11.6 Å². The average molecular weight is 319 g/mol. The van der Waals surface area contributed by atoms with Crippen LogP contribution in [-0.4, -0.2) is 14.8 Å². The van der Waals surface area contributed by atoms with Gasteiger partial charge in [-0.2, -0.15) is 0 Å². The van der Waals surface area contributed by atoms with Gasteiger partial charge in [-0.15, -0.1) is 21.8 Å². The third-order valence-corrected chi connectivity index (χ3v) is 3.33. The lowest BCUT2D eigenvalue weighted by Gasteiger charge is -2.07. The van der Waals surface area contributed by atoms with Crippen LogP contribution in [-0.2, 0) is 12.4 Å². The van der Waals surface area contributed by atoms with E-state index in [2.05, 4.69) is 26.1 Å². The molecule has 0 aliphatic rings. The van der Waals surface area contributed by atoms with Gasteiger partial charge in [0.2, 0.25) is 0 Å². The molecule has 3 nitrogen and oxygen atoms in total. The summed E-state index contributed by atoms with van der Waals surface area (Å²) in [4.78, 5) is 0. The van der Waals surface area contributed by atoms with Gasteiger partial charge in [-0.05, 0) is 41.1 Å². The van der Waals surface area contributed by atoms with Crippen molar-refractivity contribution >= 4 is 27.5 Å². The number of rotatable bonds is 3. The number of nitrogens with zero attached hydrogens (tertiary/aromatic N) is 3. The molecule has 1 heterocycles. The molecule has 0 N–H and O–H groups in total. The minimum absolute atomic E-state index is 0.291. The molecule has 1 aromatic heterocycles. The first-order valence-electron chi connectivity index (χ1n) is 5.10. The lowest BCUT2D eigenvalue weighted by molar-refractivity contribution is 0.627. The Morgan fingerprint density at radius 3 is 2.76 bits per heavy atom. The second kappa shape index (κ2) is 5.14. The number of hydrogen-bond acceptors (Lipinski definition) is 2. The summed E-state index contributed by atoms with van der Waals surface area (Å²) >= 11 is 9.11. The Morgan fingerprint density at radius 1 is 1.41 bits per heavy atom. The fourth-order valence-electron chi connectivity index (χ4n) is 1.64. The van der Waals surface area contributed by atoms with E-state index in [-0.39, 0.29) is 5.82 Å². The van der Waals surface area contributed by atoms with Crippen LogP contribution in [0.3, 0.4) is 0 Å². The number of hydrogen-bond donors (Lipinski definition) is 0. The summed E-state index contributed by atoms with van der Waals surface area (Å²) in [6.07, 6.45) is 0. The SMILES string of the molecule is CCn1c(CCl)nnc1-c1ccc(F)cc1Br. The summed E-state index contributed by atoms with van der Waals surface area (Å²) in [5.41, 5.74) is 0.803. The summed E-state index contributed by atoms with van der Waals surface area (Å²) in [6, 6.07) is 4.48. The highest BCUT2D eigenvalue weighted by Crippen LogP contribution is 2.28. The molecular weight excluding hydrogens is 308 g/mol. The highest BCUT2D eigenvalue weighted by molar-refractivity contribution is 9.10. The third-order valence-electron chi connectivity index (χ3n) is 2.44. The van der Waals surface area contributed by atoms with Crippen LogP contribution in [0.1, 0.15) is 12.7 Å². The van der Waals surface area contributed by atoms with Crippen molar-refractivity contribution < 1.29 is 4.39 Å². The number of alkyl halides is 1. The van der Waals surface area contributed by atoms with Gasteiger partial charge in [0.05, 0.1) is 5.88 Å². The summed E-state index contributed by atoms with van der Waals surface area (Å²) in [7, 11) is 0. The standard InChI is InChI=1S/C11H10BrClFN3/c1-2-17-10(6-13)15-16-11(17)8-4-3-7(14)5-9(8)12/h3-5H,2,6H2,1H3.